The Labute approximate surface area is 109 Å². The van der Waals surface area contributed by atoms with E-state index in [1.165, 1.54) is 37.0 Å². The van der Waals surface area contributed by atoms with E-state index in [-0.39, 0.29) is 17.9 Å². The zero-order chi connectivity index (χ0) is 13.0. The summed E-state index contributed by atoms with van der Waals surface area (Å²) < 4.78 is 0. The van der Waals surface area contributed by atoms with Crippen molar-refractivity contribution in [2.24, 2.45) is 5.92 Å². The summed E-state index contributed by atoms with van der Waals surface area (Å²) in [5, 5.41) is 3.31. The van der Waals surface area contributed by atoms with Crippen molar-refractivity contribution in [3.63, 3.8) is 0 Å². The van der Waals surface area contributed by atoms with E-state index in [0.29, 0.717) is 25.3 Å². The van der Waals surface area contributed by atoms with E-state index < -0.39 is 0 Å². The number of carbonyl (C=O) groups excluding carboxylic acids is 2. The van der Waals surface area contributed by atoms with Crippen LogP contribution in [-0.2, 0) is 9.59 Å². The van der Waals surface area contributed by atoms with Gasteiger partial charge in [0, 0.05) is 25.4 Å². The minimum atomic E-state index is 0.0160. The largest absolute Gasteiger partial charge is 0.315 e. The Morgan fingerprint density at radius 1 is 1.11 bits per heavy atom. The summed E-state index contributed by atoms with van der Waals surface area (Å²) in [6, 6.07) is 0.274. The Kier molecular flexibility index (Phi) is 4.75. The van der Waals surface area contributed by atoms with Crippen LogP contribution in [-0.4, -0.2) is 36.3 Å². The van der Waals surface area contributed by atoms with Crippen LogP contribution in [0.5, 0.6) is 0 Å². The van der Waals surface area contributed by atoms with Gasteiger partial charge in [-0.25, -0.2) is 0 Å². The molecule has 4 nitrogen and oxygen atoms in total. The second-order valence-corrected chi connectivity index (χ2v) is 5.54. The first-order valence-electron chi connectivity index (χ1n) is 7.23. The SMILES string of the molecule is CNC(CN1C(=O)CCCC1=O)C1CCCCC1. The van der Waals surface area contributed by atoms with Gasteiger partial charge in [0.2, 0.25) is 11.8 Å². The molecule has 18 heavy (non-hydrogen) atoms. The van der Waals surface area contributed by atoms with Gasteiger partial charge in [-0.3, -0.25) is 14.5 Å². The Morgan fingerprint density at radius 2 is 1.72 bits per heavy atom. The fourth-order valence-electron chi connectivity index (χ4n) is 3.21. The molecule has 0 spiro atoms. The first-order valence-corrected chi connectivity index (χ1v) is 7.23. The van der Waals surface area contributed by atoms with Gasteiger partial charge in [-0.15, -0.1) is 0 Å². The number of rotatable bonds is 4. The topological polar surface area (TPSA) is 49.4 Å². The smallest absolute Gasteiger partial charge is 0.229 e. The minimum Gasteiger partial charge on any atom is -0.315 e. The van der Waals surface area contributed by atoms with Gasteiger partial charge in [-0.2, -0.15) is 0 Å². The second kappa shape index (κ2) is 6.32. The van der Waals surface area contributed by atoms with Crippen molar-refractivity contribution < 1.29 is 9.59 Å². The number of imide groups is 1. The molecular weight excluding hydrogens is 228 g/mol. The Bertz CT molecular complexity index is 295. The Morgan fingerprint density at radius 3 is 2.28 bits per heavy atom. The quantitative estimate of drug-likeness (QED) is 0.775. The van der Waals surface area contributed by atoms with Crippen LogP contribution in [0.15, 0.2) is 0 Å². The van der Waals surface area contributed by atoms with E-state index >= 15 is 0 Å². The molecule has 0 aromatic heterocycles. The highest BCUT2D eigenvalue weighted by Gasteiger charge is 2.31. The number of nitrogens with one attached hydrogen (secondary N) is 1. The molecule has 102 valence electrons. The molecule has 2 fully saturated rings. The third kappa shape index (κ3) is 3.10. The summed E-state index contributed by atoms with van der Waals surface area (Å²) in [6.07, 6.45) is 8.13. The van der Waals surface area contributed by atoms with Crippen LogP contribution in [0.3, 0.4) is 0 Å². The van der Waals surface area contributed by atoms with Crippen LogP contribution in [0.1, 0.15) is 51.4 Å². The molecular formula is C14H24N2O2. The van der Waals surface area contributed by atoms with Crippen LogP contribution >= 0.6 is 0 Å². The first-order chi connectivity index (χ1) is 8.72. The number of amides is 2. The predicted octanol–water partition coefficient (Wildman–Crippen LogP) is 1.69. The molecule has 0 radical (unpaired) electrons. The van der Waals surface area contributed by atoms with E-state index in [2.05, 4.69) is 5.32 Å². The van der Waals surface area contributed by atoms with E-state index in [0.717, 1.165) is 6.42 Å². The molecule has 1 N–H and O–H groups in total. The summed E-state index contributed by atoms with van der Waals surface area (Å²) in [7, 11) is 1.94. The summed E-state index contributed by atoms with van der Waals surface area (Å²) in [4.78, 5) is 25.1. The highest BCUT2D eigenvalue weighted by molar-refractivity contribution is 5.97. The average molecular weight is 252 g/mol. The Hall–Kier alpha value is -0.900. The van der Waals surface area contributed by atoms with Gasteiger partial charge in [0.25, 0.3) is 0 Å². The van der Waals surface area contributed by atoms with E-state index in [1.54, 1.807) is 0 Å². The van der Waals surface area contributed by atoms with Crippen LogP contribution in [0, 0.1) is 5.92 Å². The second-order valence-electron chi connectivity index (χ2n) is 5.54. The molecule has 1 saturated heterocycles. The number of hydrogen-bond acceptors (Lipinski definition) is 3. The fourth-order valence-corrected chi connectivity index (χ4v) is 3.21. The molecule has 2 amide bonds. The highest BCUT2D eigenvalue weighted by atomic mass is 16.2. The lowest BCUT2D eigenvalue weighted by Crippen LogP contribution is -2.50. The van der Waals surface area contributed by atoms with E-state index in [9.17, 15) is 9.59 Å². The van der Waals surface area contributed by atoms with Crippen molar-refractivity contribution in [3.05, 3.63) is 0 Å². The first kappa shape index (κ1) is 13.5. The number of nitrogens with zero attached hydrogens (tertiary/aromatic N) is 1. The number of likely N-dealkylation sites (tertiary alicyclic amines) is 1. The van der Waals surface area contributed by atoms with Gasteiger partial charge in [0.15, 0.2) is 0 Å². The molecule has 1 atom stereocenters. The third-order valence-corrected chi connectivity index (χ3v) is 4.35. The lowest BCUT2D eigenvalue weighted by atomic mass is 9.83. The zero-order valence-electron chi connectivity index (χ0n) is 11.3. The van der Waals surface area contributed by atoms with Gasteiger partial charge in [0.05, 0.1) is 0 Å². The molecule has 1 heterocycles. The van der Waals surface area contributed by atoms with Crippen molar-refractivity contribution in [2.75, 3.05) is 13.6 Å². The fraction of sp³-hybridized carbons (Fsp3) is 0.857. The maximum Gasteiger partial charge on any atom is 0.229 e. The van der Waals surface area contributed by atoms with Crippen LogP contribution < -0.4 is 5.32 Å². The molecule has 1 aliphatic heterocycles. The molecule has 1 saturated carbocycles. The molecule has 1 unspecified atom stereocenters. The van der Waals surface area contributed by atoms with Crippen molar-refractivity contribution in [1.29, 1.82) is 0 Å². The Balaban J connectivity index is 1.95. The van der Waals surface area contributed by atoms with Gasteiger partial charge in [-0.05, 0) is 32.2 Å². The van der Waals surface area contributed by atoms with Gasteiger partial charge in [-0.1, -0.05) is 19.3 Å². The third-order valence-electron chi connectivity index (χ3n) is 4.35. The lowest BCUT2D eigenvalue weighted by Gasteiger charge is -2.34. The monoisotopic (exact) mass is 252 g/mol. The number of likely N-dealkylation sites (N-methyl/N-ethyl adjacent to an activating group) is 1. The minimum absolute atomic E-state index is 0.0160. The van der Waals surface area contributed by atoms with Crippen LogP contribution in [0.4, 0.5) is 0 Å². The molecule has 4 heteroatoms. The van der Waals surface area contributed by atoms with Crippen molar-refractivity contribution in [1.82, 2.24) is 10.2 Å². The summed E-state index contributed by atoms with van der Waals surface area (Å²) in [6.45, 7) is 0.568. The van der Waals surface area contributed by atoms with Crippen LogP contribution in [0.25, 0.3) is 0 Å². The number of piperidine rings is 1. The zero-order valence-corrected chi connectivity index (χ0v) is 11.3. The van der Waals surface area contributed by atoms with Crippen molar-refractivity contribution in [3.8, 4) is 0 Å². The summed E-state index contributed by atoms with van der Waals surface area (Å²) in [5.41, 5.74) is 0. The van der Waals surface area contributed by atoms with Gasteiger partial charge >= 0.3 is 0 Å². The van der Waals surface area contributed by atoms with Gasteiger partial charge in [0.1, 0.15) is 0 Å². The van der Waals surface area contributed by atoms with Crippen LogP contribution in [0.2, 0.25) is 0 Å². The predicted molar refractivity (Wildman–Crippen MR) is 70.0 cm³/mol. The number of carbonyl (C=O) groups is 2. The standard InChI is InChI=1S/C14H24N2O2/c1-15-12(11-6-3-2-4-7-11)10-16-13(17)8-5-9-14(16)18/h11-12,15H,2-10H2,1H3. The van der Waals surface area contributed by atoms with Gasteiger partial charge < -0.3 is 5.32 Å². The van der Waals surface area contributed by atoms with Crippen molar-refractivity contribution >= 4 is 11.8 Å². The normalized spacial score (nSPS) is 24.4. The maximum absolute atomic E-state index is 11.8. The molecule has 0 aromatic carbocycles. The molecule has 2 rings (SSSR count). The average Bonchev–Trinajstić information content (AvgIpc) is 2.40. The summed E-state index contributed by atoms with van der Waals surface area (Å²) >= 11 is 0. The number of hydrogen-bond donors (Lipinski definition) is 1. The maximum atomic E-state index is 11.8. The highest BCUT2D eigenvalue weighted by Crippen LogP contribution is 2.27. The van der Waals surface area contributed by atoms with E-state index in [4.69, 9.17) is 0 Å². The molecule has 0 bridgehead atoms. The summed E-state index contributed by atoms with van der Waals surface area (Å²) in [5.74, 6) is 0.649. The molecule has 1 aliphatic carbocycles. The molecule has 0 aromatic rings. The molecule has 2 aliphatic rings. The van der Waals surface area contributed by atoms with E-state index in [1.807, 2.05) is 7.05 Å². The lowest BCUT2D eigenvalue weighted by molar-refractivity contribution is -0.148. The van der Waals surface area contributed by atoms with Crippen molar-refractivity contribution in [2.45, 2.75) is 57.4 Å².